The highest BCUT2D eigenvalue weighted by Crippen LogP contribution is 2.21. The molecule has 2 aromatic heterocycles. The Balaban J connectivity index is 2.47. The van der Waals surface area contributed by atoms with E-state index in [4.69, 9.17) is 16.7 Å². The standard InChI is InChI=1S/C10H8ClFN2O2/c11-10-9-6(12)2-1-5-14(9)7(13-10)3-4-8(15)16/h1-2,5H,3-4H2,(H,15,16). The van der Waals surface area contributed by atoms with E-state index in [2.05, 4.69) is 4.98 Å². The van der Waals surface area contributed by atoms with Crippen LogP contribution < -0.4 is 0 Å². The first-order chi connectivity index (χ1) is 7.59. The van der Waals surface area contributed by atoms with Crippen LogP contribution in [0.2, 0.25) is 5.15 Å². The predicted molar refractivity (Wildman–Crippen MR) is 56.1 cm³/mol. The fourth-order valence-corrected chi connectivity index (χ4v) is 1.79. The lowest BCUT2D eigenvalue weighted by molar-refractivity contribution is -0.137. The highest BCUT2D eigenvalue weighted by atomic mass is 35.5. The molecule has 4 nitrogen and oxygen atoms in total. The van der Waals surface area contributed by atoms with Crippen LogP contribution in [0.5, 0.6) is 0 Å². The van der Waals surface area contributed by atoms with Crippen molar-refractivity contribution in [3.05, 3.63) is 35.1 Å². The number of imidazole rings is 1. The summed E-state index contributed by atoms with van der Waals surface area (Å²) < 4.78 is 14.9. The molecule has 0 spiro atoms. The van der Waals surface area contributed by atoms with Crippen LogP contribution >= 0.6 is 11.6 Å². The number of carboxylic acid groups (broad SMARTS) is 1. The second-order valence-corrected chi connectivity index (χ2v) is 3.65. The quantitative estimate of drug-likeness (QED) is 0.897. The molecule has 0 aliphatic rings. The fourth-order valence-electron chi connectivity index (χ4n) is 1.51. The Labute approximate surface area is 95.3 Å². The van der Waals surface area contributed by atoms with E-state index >= 15 is 0 Å². The topological polar surface area (TPSA) is 54.6 Å². The number of hydrogen-bond acceptors (Lipinski definition) is 2. The average Bonchev–Trinajstić information content (AvgIpc) is 2.54. The van der Waals surface area contributed by atoms with Gasteiger partial charge in [0.05, 0.1) is 6.42 Å². The zero-order chi connectivity index (χ0) is 11.7. The van der Waals surface area contributed by atoms with Crippen molar-refractivity contribution in [3.63, 3.8) is 0 Å². The Bertz CT molecular complexity index is 553. The Morgan fingerprint density at radius 2 is 2.38 bits per heavy atom. The highest BCUT2D eigenvalue weighted by molar-refractivity contribution is 6.32. The van der Waals surface area contributed by atoms with Gasteiger partial charge in [-0.2, -0.15) is 0 Å². The van der Waals surface area contributed by atoms with Gasteiger partial charge in [-0.15, -0.1) is 0 Å². The second-order valence-electron chi connectivity index (χ2n) is 3.29. The molecule has 0 unspecified atom stereocenters. The number of carbonyl (C=O) groups is 1. The number of hydrogen-bond donors (Lipinski definition) is 1. The van der Waals surface area contributed by atoms with Gasteiger partial charge in [0.25, 0.3) is 0 Å². The van der Waals surface area contributed by atoms with Gasteiger partial charge >= 0.3 is 5.97 Å². The molecule has 16 heavy (non-hydrogen) atoms. The molecule has 0 radical (unpaired) electrons. The van der Waals surface area contributed by atoms with E-state index in [-0.39, 0.29) is 23.5 Å². The summed E-state index contributed by atoms with van der Waals surface area (Å²) in [6.45, 7) is 0. The lowest BCUT2D eigenvalue weighted by Gasteiger charge is -1.99. The molecule has 2 aromatic rings. The van der Waals surface area contributed by atoms with Crippen LogP contribution in [0, 0.1) is 5.82 Å². The largest absolute Gasteiger partial charge is 0.481 e. The Kier molecular flexibility index (Phi) is 2.78. The highest BCUT2D eigenvalue weighted by Gasteiger charge is 2.13. The van der Waals surface area contributed by atoms with E-state index in [1.807, 2.05) is 0 Å². The number of pyridine rings is 1. The van der Waals surface area contributed by atoms with Crippen LogP contribution in [-0.2, 0) is 11.2 Å². The van der Waals surface area contributed by atoms with Crippen molar-refractivity contribution in [2.75, 3.05) is 0 Å². The van der Waals surface area contributed by atoms with Gasteiger partial charge in [-0.1, -0.05) is 11.6 Å². The summed E-state index contributed by atoms with van der Waals surface area (Å²) in [5.41, 5.74) is 0.185. The number of aliphatic carboxylic acids is 1. The van der Waals surface area contributed by atoms with Crippen molar-refractivity contribution in [2.24, 2.45) is 0 Å². The van der Waals surface area contributed by atoms with Crippen molar-refractivity contribution in [1.29, 1.82) is 0 Å². The molecule has 0 aliphatic heterocycles. The third-order valence-electron chi connectivity index (χ3n) is 2.21. The van der Waals surface area contributed by atoms with Crippen LogP contribution in [0.3, 0.4) is 0 Å². The second kappa shape index (κ2) is 4.09. The summed E-state index contributed by atoms with van der Waals surface area (Å²) in [6, 6.07) is 2.80. The van der Waals surface area contributed by atoms with Crippen molar-refractivity contribution < 1.29 is 14.3 Å². The summed E-state index contributed by atoms with van der Waals surface area (Å²) in [7, 11) is 0. The minimum atomic E-state index is -0.927. The average molecular weight is 243 g/mol. The number of halogens is 2. The Morgan fingerprint density at radius 1 is 1.62 bits per heavy atom. The van der Waals surface area contributed by atoms with Gasteiger partial charge in [-0.05, 0) is 12.1 Å². The zero-order valence-corrected chi connectivity index (χ0v) is 8.91. The number of fused-ring (bicyclic) bond motifs is 1. The van der Waals surface area contributed by atoms with E-state index in [1.165, 1.54) is 16.5 Å². The van der Waals surface area contributed by atoms with Crippen LogP contribution in [-0.4, -0.2) is 20.5 Å². The van der Waals surface area contributed by atoms with E-state index in [9.17, 15) is 9.18 Å². The first-order valence-electron chi connectivity index (χ1n) is 4.62. The lowest BCUT2D eigenvalue weighted by atomic mass is 10.3. The van der Waals surface area contributed by atoms with E-state index in [0.717, 1.165) is 0 Å². The maximum Gasteiger partial charge on any atom is 0.303 e. The summed E-state index contributed by atoms with van der Waals surface area (Å²) in [5.74, 6) is -0.951. The molecule has 0 saturated heterocycles. The fraction of sp³-hybridized carbons (Fsp3) is 0.200. The van der Waals surface area contributed by atoms with Crippen LogP contribution in [0.4, 0.5) is 4.39 Å². The van der Waals surface area contributed by atoms with Crippen molar-refractivity contribution in [1.82, 2.24) is 9.38 Å². The van der Waals surface area contributed by atoms with E-state index in [1.54, 1.807) is 6.20 Å². The molecule has 0 bridgehead atoms. The third kappa shape index (κ3) is 1.86. The van der Waals surface area contributed by atoms with Gasteiger partial charge in [0.1, 0.15) is 17.2 Å². The predicted octanol–water partition coefficient (Wildman–Crippen LogP) is 2.14. The van der Waals surface area contributed by atoms with Crippen molar-refractivity contribution in [3.8, 4) is 0 Å². The number of aryl methyl sites for hydroxylation is 1. The Morgan fingerprint density at radius 3 is 3.06 bits per heavy atom. The molecule has 84 valence electrons. The van der Waals surface area contributed by atoms with Crippen molar-refractivity contribution in [2.45, 2.75) is 12.8 Å². The molecule has 2 heterocycles. The molecular formula is C10H8ClFN2O2. The van der Waals surface area contributed by atoms with Gasteiger partial charge in [-0.25, -0.2) is 9.37 Å². The molecule has 0 fully saturated rings. The van der Waals surface area contributed by atoms with Gasteiger partial charge in [0, 0.05) is 12.6 Å². The number of rotatable bonds is 3. The molecule has 1 N–H and O–H groups in total. The first kappa shape index (κ1) is 10.9. The Hall–Kier alpha value is -1.62. The van der Waals surface area contributed by atoms with E-state index in [0.29, 0.717) is 5.82 Å². The molecule has 0 amide bonds. The summed E-state index contributed by atoms with van der Waals surface area (Å²) in [5, 5.41) is 8.62. The van der Waals surface area contributed by atoms with Gasteiger partial charge in [0.15, 0.2) is 5.15 Å². The molecule has 6 heteroatoms. The maximum absolute atomic E-state index is 13.4. The SMILES string of the molecule is O=C(O)CCc1nc(Cl)c2c(F)cccn12. The molecule has 0 aromatic carbocycles. The molecular weight excluding hydrogens is 235 g/mol. The summed E-state index contributed by atoms with van der Waals surface area (Å²) >= 11 is 5.78. The van der Waals surface area contributed by atoms with Crippen molar-refractivity contribution >= 4 is 23.1 Å². The summed E-state index contributed by atoms with van der Waals surface area (Å²) in [4.78, 5) is 14.4. The molecule has 0 atom stereocenters. The zero-order valence-electron chi connectivity index (χ0n) is 8.15. The number of carboxylic acids is 1. The van der Waals surface area contributed by atoms with E-state index < -0.39 is 11.8 Å². The summed E-state index contributed by atoms with van der Waals surface area (Å²) in [6.07, 6.45) is 1.76. The van der Waals surface area contributed by atoms with Crippen LogP contribution in [0.1, 0.15) is 12.2 Å². The minimum absolute atomic E-state index is 0.0542. The normalized spacial score (nSPS) is 10.9. The van der Waals surface area contributed by atoms with Gasteiger partial charge < -0.3 is 5.11 Å². The molecule has 0 aliphatic carbocycles. The maximum atomic E-state index is 13.4. The monoisotopic (exact) mass is 242 g/mol. The first-order valence-corrected chi connectivity index (χ1v) is 5.00. The van der Waals surface area contributed by atoms with Crippen LogP contribution in [0.25, 0.3) is 5.52 Å². The van der Waals surface area contributed by atoms with Crippen LogP contribution in [0.15, 0.2) is 18.3 Å². The lowest BCUT2D eigenvalue weighted by Crippen LogP contribution is -2.01. The van der Waals surface area contributed by atoms with Gasteiger partial charge in [0.2, 0.25) is 0 Å². The smallest absolute Gasteiger partial charge is 0.303 e. The number of aromatic nitrogens is 2. The number of nitrogens with zero attached hydrogens (tertiary/aromatic N) is 2. The molecule has 2 rings (SSSR count). The van der Waals surface area contributed by atoms with Gasteiger partial charge in [-0.3, -0.25) is 9.20 Å². The third-order valence-corrected chi connectivity index (χ3v) is 2.47. The molecule has 0 saturated carbocycles. The minimum Gasteiger partial charge on any atom is -0.481 e.